The predicted octanol–water partition coefficient (Wildman–Crippen LogP) is 7.46. The van der Waals surface area contributed by atoms with Crippen molar-refractivity contribution in [3.05, 3.63) is 118 Å². The molecule has 0 spiro atoms. The van der Waals surface area contributed by atoms with E-state index in [4.69, 9.17) is 0 Å². The zero-order chi connectivity index (χ0) is 20.9. The van der Waals surface area contributed by atoms with Crippen LogP contribution in [-0.4, -0.2) is 7.64 Å². The molecule has 0 unspecified atom stereocenters. The van der Waals surface area contributed by atoms with Crippen molar-refractivity contribution in [1.82, 2.24) is 0 Å². The minimum atomic E-state index is 1.08. The number of fused-ring (bicyclic) bond motifs is 6. The zero-order valence-corrected chi connectivity index (χ0v) is 18.9. The third kappa shape index (κ3) is 4.35. The summed E-state index contributed by atoms with van der Waals surface area (Å²) in [6, 6.07) is 32.5. The van der Waals surface area contributed by atoms with E-state index in [2.05, 4.69) is 132 Å². The van der Waals surface area contributed by atoms with Gasteiger partial charge in [0.2, 0.25) is 0 Å². The molecule has 145 valence electrons. The SMILES string of the molecule is Brc1ccc2c(c1)-c1ccccc1C2.[B]=NS.c1ccc2c(c1)Cc1ccccc1-2. The summed E-state index contributed by atoms with van der Waals surface area (Å²) < 4.78 is 3.85. The van der Waals surface area contributed by atoms with Crippen LogP contribution >= 0.6 is 28.7 Å². The second-order valence-electron chi connectivity index (χ2n) is 7.24. The third-order valence-corrected chi connectivity index (χ3v) is 5.96. The molecule has 0 heterocycles. The number of benzene rings is 4. The molecule has 0 bridgehead atoms. The topological polar surface area (TPSA) is 12.4 Å². The number of rotatable bonds is 0. The van der Waals surface area contributed by atoms with Crippen LogP contribution in [0, 0.1) is 0 Å². The average molecular weight is 469 g/mol. The molecule has 0 atom stereocenters. The molecule has 0 saturated carbocycles. The Kier molecular flexibility index (Phi) is 6.66. The average Bonchev–Trinajstić information content (AvgIpc) is 3.33. The van der Waals surface area contributed by atoms with Crippen LogP contribution < -0.4 is 0 Å². The first kappa shape index (κ1) is 20.8. The first-order valence-electron chi connectivity index (χ1n) is 9.78. The Morgan fingerprint density at radius 2 is 0.967 bits per heavy atom. The molecule has 2 aliphatic carbocycles. The Hall–Kier alpha value is -2.43. The van der Waals surface area contributed by atoms with Crippen LogP contribution in [0.2, 0.25) is 0 Å². The van der Waals surface area contributed by atoms with Gasteiger partial charge in [0, 0.05) is 4.47 Å². The van der Waals surface area contributed by atoms with Crippen molar-refractivity contribution in [2.24, 2.45) is 4.30 Å². The molecule has 1 radical (unpaired) electrons. The summed E-state index contributed by atoms with van der Waals surface area (Å²) in [7, 11) is 4.34. The number of thiol groups is 1. The predicted molar refractivity (Wildman–Crippen MR) is 134 cm³/mol. The molecular weight excluding hydrogens is 449 g/mol. The fourth-order valence-electron chi connectivity index (χ4n) is 4.18. The van der Waals surface area contributed by atoms with Gasteiger partial charge in [0.15, 0.2) is 0 Å². The molecule has 0 fully saturated rings. The van der Waals surface area contributed by atoms with Crippen LogP contribution in [-0.2, 0) is 12.8 Å². The van der Waals surface area contributed by atoms with E-state index in [1.54, 1.807) is 0 Å². The molecule has 30 heavy (non-hydrogen) atoms. The van der Waals surface area contributed by atoms with E-state index in [0.29, 0.717) is 0 Å². The van der Waals surface area contributed by atoms with E-state index in [1.165, 1.54) is 44.5 Å². The van der Waals surface area contributed by atoms with Crippen molar-refractivity contribution < 1.29 is 0 Å². The first-order chi connectivity index (χ1) is 14.7. The van der Waals surface area contributed by atoms with Gasteiger partial charge in [-0.3, -0.25) is 0 Å². The molecule has 0 amide bonds. The van der Waals surface area contributed by atoms with Crippen molar-refractivity contribution >= 4 is 36.4 Å². The summed E-state index contributed by atoms with van der Waals surface area (Å²) in [4.78, 5) is 0. The summed E-state index contributed by atoms with van der Waals surface area (Å²) in [5.41, 5.74) is 11.4. The Bertz CT molecular complexity index is 1160. The van der Waals surface area contributed by atoms with Crippen molar-refractivity contribution in [2.45, 2.75) is 12.8 Å². The maximum atomic E-state index is 4.34. The van der Waals surface area contributed by atoms with Gasteiger partial charge in [-0.15, -0.1) is 0 Å². The van der Waals surface area contributed by atoms with Crippen molar-refractivity contribution in [1.29, 1.82) is 0 Å². The normalized spacial score (nSPS) is 11.5. The molecule has 2 aliphatic rings. The Morgan fingerprint density at radius 3 is 1.43 bits per heavy atom. The monoisotopic (exact) mass is 468 g/mol. The fraction of sp³-hybridized carbons (Fsp3) is 0.0769. The van der Waals surface area contributed by atoms with E-state index in [0.717, 1.165) is 17.3 Å². The van der Waals surface area contributed by atoms with Gasteiger partial charge in [-0.25, -0.2) is 0 Å². The third-order valence-electron chi connectivity index (χ3n) is 5.47. The van der Waals surface area contributed by atoms with E-state index in [1.807, 2.05) is 0 Å². The number of hydrogen-bond acceptors (Lipinski definition) is 2. The minimum absolute atomic E-state index is 1.08. The number of hydrogen-bond donors (Lipinski definition) is 1. The van der Waals surface area contributed by atoms with Gasteiger partial charge in [0.1, 0.15) is 0 Å². The maximum absolute atomic E-state index is 4.34. The fourth-order valence-corrected chi connectivity index (χ4v) is 4.54. The molecule has 4 heteroatoms. The zero-order valence-electron chi connectivity index (χ0n) is 16.4. The second kappa shape index (κ2) is 9.59. The van der Waals surface area contributed by atoms with Gasteiger partial charge in [0.25, 0.3) is 0 Å². The molecule has 4 aromatic carbocycles. The van der Waals surface area contributed by atoms with Gasteiger partial charge < -0.3 is 0 Å². The molecular formula is C26H20BBrNS. The summed E-state index contributed by atoms with van der Waals surface area (Å²) in [6.45, 7) is 0. The van der Waals surface area contributed by atoms with Gasteiger partial charge in [-0.1, -0.05) is 94.8 Å². The van der Waals surface area contributed by atoms with Crippen LogP contribution in [0.5, 0.6) is 0 Å². The molecule has 1 nitrogen and oxygen atoms in total. The van der Waals surface area contributed by atoms with Gasteiger partial charge >= 0.3 is 24.8 Å². The van der Waals surface area contributed by atoms with Crippen LogP contribution in [0.3, 0.4) is 0 Å². The standard InChI is InChI=1S/C13H9Br.C13H10.BHNS/c14-11-6-5-10-7-9-3-1-2-4-12(9)13(10)8-11;1-3-7-12-10(5-1)9-11-6-2-4-8-13(11)12;1-2-3/h1-6,8H,7H2;1-8H,9H2;3H. The quantitative estimate of drug-likeness (QED) is 0.175. The van der Waals surface area contributed by atoms with Gasteiger partial charge in [0.05, 0.1) is 0 Å². The molecule has 0 N–H and O–H groups in total. The van der Waals surface area contributed by atoms with E-state index < -0.39 is 0 Å². The summed E-state index contributed by atoms with van der Waals surface area (Å²) in [6.07, 6.45) is 2.19. The maximum Gasteiger partial charge on any atom is -0.00135 e. The first-order valence-corrected chi connectivity index (χ1v) is 11.0. The van der Waals surface area contributed by atoms with E-state index >= 15 is 0 Å². The Balaban J connectivity index is 0.000000129. The smallest absolute Gasteiger partial charge is 0.00135 e. The van der Waals surface area contributed by atoms with Crippen LogP contribution in [0.1, 0.15) is 22.3 Å². The van der Waals surface area contributed by atoms with Crippen molar-refractivity contribution in [3.8, 4) is 22.3 Å². The Morgan fingerprint density at radius 1 is 0.600 bits per heavy atom. The van der Waals surface area contributed by atoms with E-state index in [9.17, 15) is 0 Å². The molecule has 0 saturated heterocycles. The van der Waals surface area contributed by atoms with Crippen LogP contribution in [0.15, 0.2) is 99.8 Å². The van der Waals surface area contributed by atoms with Gasteiger partial charge in [-0.2, -0.15) is 0 Å². The largest absolute Gasteiger partial charge is 0.0619 e. The number of halogens is 1. The summed E-state index contributed by atoms with van der Waals surface area (Å²) >= 11 is 6.71. The molecule has 4 aromatic rings. The summed E-state index contributed by atoms with van der Waals surface area (Å²) in [5.74, 6) is 0. The summed E-state index contributed by atoms with van der Waals surface area (Å²) in [5, 5.41) is 0. The molecule has 6 rings (SSSR count). The van der Waals surface area contributed by atoms with Crippen molar-refractivity contribution in [2.75, 3.05) is 0 Å². The van der Waals surface area contributed by atoms with Gasteiger partial charge in [-0.05, 0) is 69.5 Å². The molecule has 0 aromatic heterocycles. The second-order valence-corrected chi connectivity index (χ2v) is 8.39. The van der Waals surface area contributed by atoms with Crippen molar-refractivity contribution in [3.63, 3.8) is 0 Å². The Labute approximate surface area is 193 Å². The minimum Gasteiger partial charge on any atom is -0.0619 e. The molecule has 0 aliphatic heterocycles. The number of nitrogens with zero attached hydrogens (tertiary/aromatic N) is 1. The van der Waals surface area contributed by atoms with Crippen LogP contribution in [0.4, 0.5) is 0 Å². The van der Waals surface area contributed by atoms with E-state index in [-0.39, 0.29) is 0 Å². The van der Waals surface area contributed by atoms with Crippen LogP contribution in [0.25, 0.3) is 22.3 Å².